The minimum absolute atomic E-state index is 0.0810. The minimum Gasteiger partial charge on any atom is -0.477 e. The highest BCUT2D eigenvalue weighted by Gasteiger charge is 2.06. The minimum atomic E-state index is -0.990. The van der Waals surface area contributed by atoms with E-state index in [4.69, 9.17) is 10.8 Å². The fraction of sp³-hybridized carbons (Fsp3) is 0. The largest absolute Gasteiger partial charge is 0.477 e. The molecule has 7 heteroatoms. The number of pyridine rings is 2. The van der Waals surface area contributed by atoms with E-state index in [1.54, 1.807) is 29.7 Å². The summed E-state index contributed by atoms with van der Waals surface area (Å²) in [7, 11) is 0. The number of rotatable bonds is 2. The number of benzene rings is 1. The van der Waals surface area contributed by atoms with Gasteiger partial charge >= 0.3 is 5.97 Å². The Kier molecular flexibility index (Phi) is 4.96. The summed E-state index contributed by atoms with van der Waals surface area (Å²) in [4.78, 5) is 22.5. The maximum Gasteiger partial charge on any atom is 0.354 e. The van der Waals surface area contributed by atoms with Gasteiger partial charge in [-0.25, -0.2) is 14.8 Å². The van der Waals surface area contributed by atoms with Crippen molar-refractivity contribution in [3.8, 4) is 10.7 Å². The quantitative estimate of drug-likeness (QED) is 0.534. The number of thiazole rings is 1. The topological polar surface area (TPSA) is 102 Å². The molecule has 0 aliphatic carbocycles. The van der Waals surface area contributed by atoms with Gasteiger partial charge in [-0.3, -0.25) is 4.98 Å². The Labute approximate surface area is 147 Å². The van der Waals surface area contributed by atoms with E-state index in [2.05, 4.69) is 15.0 Å². The van der Waals surface area contributed by atoms with Gasteiger partial charge in [0, 0.05) is 18.1 Å². The monoisotopic (exact) mass is 350 g/mol. The number of carbonyl (C=O) groups is 1. The number of carboxylic acids is 1. The third-order valence-electron chi connectivity index (χ3n) is 3.18. The molecule has 0 atom stereocenters. The van der Waals surface area contributed by atoms with Crippen molar-refractivity contribution in [3.63, 3.8) is 0 Å². The van der Waals surface area contributed by atoms with Gasteiger partial charge in [0.1, 0.15) is 10.7 Å². The summed E-state index contributed by atoms with van der Waals surface area (Å²) in [5, 5.41) is 9.25. The molecule has 0 unspecified atom stereocenters. The van der Waals surface area contributed by atoms with Crippen molar-refractivity contribution in [1.82, 2.24) is 15.0 Å². The number of carboxylic acid groups (broad SMARTS) is 1. The number of anilines is 1. The van der Waals surface area contributed by atoms with Gasteiger partial charge < -0.3 is 10.8 Å². The van der Waals surface area contributed by atoms with Gasteiger partial charge in [-0.15, -0.1) is 11.3 Å². The van der Waals surface area contributed by atoms with Crippen molar-refractivity contribution in [2.24, 2.45) is 0 Å². The molecule has 4 aromatic rings. The van der Waals surface area contributed by atoms with Gasteiger partial charge in [-0.2, -0.15) is 0 Å². The van der Waals surface area contributed by atoms with Gasteiger partial charge in [0.25, 0.3) is 0 Å². The van der Waals surface area contributed by atoms with Crippen LogP contribution in [-0.2, 0) is 0 Å². The Morgan fingerprint density at radius 2 is 1.76 bits per heavy atom. The molecule has 0 saturated carbocycles. The van der Waals surface area contributed by atoms with Crippen LogP contribution in [0.4, 0.5) is 5.69 Å². The van der Waals surface area contributed by atoms with Crippen LogP contribution in [0.25, 0.3) is 20.9 Å². The molecule has 6 nitrogen and oxygen atoms in total. The molecule has 0 radical (unpaired) electrons. The van der Waals surface area contributed by atoms with Gasteiger partial charge in [-0.05, 0) is 42.5 Å². The van der Waals surface area contributed by atoms with Crippen molar-refractivity contribution < 1.29 is 9.90 Å². The molecule has 25 heavy (non-hydrogen) atoms. The number of nitrogen functional groups attached to an aromatic ring is 1. The number of nitrogens with two attached hydrogens (primary N) is 1. The summed E-state index contributed by atoms with van der Waals surface area (Å²) in [6.45, 7) is 0. The summed E-state index contributed by atoms with van der Waals surface area (Å²) >= 11 is 1.63. The molecule has 3 N–H and O–H groups in total. The first kappa shape index (κ1) is 16.5. The number of aromatic carboxylic acids is 1. The molecule has 0 bridgehead atoms. The first-order valence-corrected chi connectivity index (χ1v) is 8.17. The van der Waals surface area contributed by atoms with Gasteiger partial charge in [0.15, 0.2) is 0 Å². The average molecular weight is 350 g/mol. The first-order valence-electron chi connectivity index (χ1n) is 7.35. The summed E-state index contributed by atoms with van der Waals surface area (Å²) in [5.41, 5.74) is 8.38. The Hall–Kier alpha value is -3.32. The zero-order chi connectivity index (χ0) is 17.6. The van der Waals surface area contributed by atoms with Crippen LogP contribution in [0.3, 0.4) is 0 Å². The second-order valence-electron chi connectivity index (χ2n) is 4.98. The van der Waals surface area contributed by atoms with Gasteiger partial charge in [-0.1, -0.05) is 12.1 Å². The van der Waals surface area contributed by atoms with E-state index < -0.39 is 5.97 Å². The lowest BCUT2D eigenvalue weighted by atomic mass is 10.3. The van der Waals surface area contributed by atoms with E-state index in [-0.39, 0.29) is 5.69 Å². The summed E-state index contributed by atoms with van der Waals surface area (Å²) in [5.74, 6) is -0.990. The average Bonchev–Trinajstić information content (AvgIpc) is 3.07. The SMILES string of the molecule is Nc1ccc2sc(-c3ccccn3)nc2c1.O=C(O)c1ccccn1. The molecular weight excluding hydrogens is 336 g/mol. The van der Waals surface area contributed by atoms with E-state index in [1.165, 1.54) is 12.3 Å². The number of hydrogen-bond donors (Lipinski definition) is 2. The predicted molar refractivity (Wildman–Crippen MR) is 98.5 cm³/mol. The smallest absolute Gasteiger partial charge is 0.354 e. The number of fused-ring (bicyclic) bond motifs is 1. The Balaban J connectivity index is 0.000000173. The van der Waals surface area contributed by atoms with Crippen molar-refractivity contribution in [2.45, 2.75) is 0 Å². The van der Waals surface area contributed by atoms with E-state index in [0.29, 0.717) is 0 Å². The van der Waals surface area contributed by atoms with Crippen LogP contribution < -0.4 is 5.73 Å². The van der Waals surface area contributed by atoms with E-state index in [0.717, 1.165) is 26.6 Å². The van der Waals surface area contributed by atoms with Crippen molar-refractivity contribution in [2.75, 3.05) is 5.73 Å². The molecule has 124 valence electrons. The first-order chi connectivity index (χ1) is 12.1. The zero-order valence-electron chi connectivity index (χ0n) is 13.0. The van der Waals surface area contributed by atoms with Crippen molar-refractivity contribution >= 4 is 33.2 Å². The third kappa shape index (κ3) is 4.15. The third-order valence-corrected chi connectivity index (χ3v) is 4.24. The van der Waals surface area contributed by atoms with E-state index >= 15 is 0 Å². The molecule has 3 aromatic heterocycles. The van der Waals surface area contributed by atoms with Crippen LogP contribution in [-0.4, -0.2) is 26.0 Å². The molecule has 0 spiro atoms. The predicted octanol–water partition coefficient (Wildman–Crippen LogP) is 3.72. The van der Waals surface area contributed by atoms with Crippen LogP contribution in [0.5, 0.6) is 0 Å². The molecule has 4 rings (SSSR count). The summed E-state index contributed by atoms with van der Waals surface area (Å²) in [6.07, 6.45) is 3.22. The maximum absolute atomic E-state index is 10.1. The molecule has 3 heterocycles. The highest BCUT2D eigenvalue weighted by Crippen LogP contribution is 2.29. The second-order valence-corrected chi connectivity index (χ2v) is 6.01. The summed E-state index contributed by atoms with van der Waals surface area (Å²) < 4.78 is 1.13. The highest BCUT2D eigenvalue weighted by molar-refractivity contribution is 7.21. The zero-order valence-corrected chi connectivity index (χ0v) is 13.9. The van der Waals surface area contributed by atoms with Crippen LogP contribution >= 0.6 is 11.3 Å². The molecule has 0 aliphatic rings. The van der Waals surface area contributed by atoms with Crippen LogP contribution in [0.15, 0.2) is 67.0 Å². The number of nitrogens with zero attached hydrogens (tertiary/aromatic N) is 3. The Bertz CT molecular complexity index is 988. The molecular formula is C18H14N4O2S. The lowest BCUT2D eigenvalue weighted by Gasteiger charge is -1.91. The molecule has 0 saturated heterocycles. The Morgan fingerprint density at radius 1 is 1.00 bits per heavy atom. The van der Waals surface area contributed by atoms with Crippen molar-refractivity contribution in [3.05, 3.63) is 72.7 Å². The number of hydrogen-bond acceptors (Lipinski definition) is 6. The van der Waals surface area contributed by atoms with Crippen LogP contribution in [0.2, 0.25) is 0 Å². The molecule has 0 amide bonds. The van der Waals surface area contributed by atoms with Gasteiger partial charge in [0.05, 0.1) is 15.9 Å². The van der Waals surface area contributed by atoms with E-state index in [9.17, 15) is 4.79 Å². The highest BCUT2D eigenvalue weighted by atomic mass is 32.1. The normalized spacial score (nSPS) is 10.1. The molecule has 1 aromatic carbocycles. The summed E-state index contributed by atoms with van der Waals surface area (Å²) in [6, 6.07) is 16.3. The maximum atomic E-state index is 10.1. The second kappa shape index (κ2) is 7.50. The standard InChI is InChI=1S/C12H9N3S.C6H5NO2/c13-8-4-5-11-10(7-8)15-12(16-11)9-3-1-2-6-14-9;8-6(9)5-3-1-2-4-7-5/h1-7H,13H2;1-4H,(H,8,9). The fourth-order valence-corrected chi connectivity index (χ4v) is 2.96. The lowest BCUT2D eigenvalue weighted by molar-refractivity contribution is 0.0690. The fourth-order valence-electron chi connectivity index (χ4n) is 2.03. The van der Waals surface area contributed by atoms with Gasteiger partial charge in [0.2, 0.25) is 0 Å². The lowest BCUT2D eigenvalue weighted by Crippen LogP contribution is -1.97. The van der Waals surface area contributed by atoms with E-state index in [1.807, 2.05) is 36.4 Å². The molecule has 0 fully saturated rings. The molecule has 0 aliphatic heterocycles. The number of aromatic nitrogens is 3. The Morgan fingerprint density at radius 3 is 2.36 bits per heavy atom. The van der Waals surface area contributed by atoms with Crippen molar-refractivity contribution in [1.29, 1.82) is 0 Å². The van der Waals surface area contributed by atoms with Crippen LogP contribution in [0.1, 0.15) is 10.5 Å². The van der Waals surface area contributed by atoms with Crippen LogP contribution in [0, 0.1) is 0 Å².